The maximum absolute atomic E-state index is 12.0. The first-order valence-corrected chi connectivity index (χ1v) is 6.38. The van der Waals surface area contributed by atoms with Crippen LogP contribution in [0.25, 0.3) is 0 Å². The first-order valence-electron chi connectivity index (χ1n) is 6.38. The van der Waals surface area contributed by atoms with Crippen molar-refractivity contribution >= 4 is 18.3 Å². The molecule has 0 spiro atoms. The van der Waals surface area contributed by atoms with Gasteiger partial charge in [0, 0.05) is 45.8 Å². The number of rotatable bonds is 3. The van der Waals surface area contributed by atoms with Crippen molar-refractivity contribution in [2.75, 3.05) is 45.8 Å². The number of nitrogens with zero attached hydrogens (tertiary/aromatic N) is 2. The average Bonchev–Trinajstić information content (AvgIpc) is 2.15. The van der Waals surface area contributed by atoms with Gasteiger partial charge in [0.05, 0.1) is 5.92 Å². The van der Waals surface area contributed by atoms with Crippen molar-refractivity contribution in [1.82, 2.24) is 15.1 Å². The Labute approximate surface area is 110 Å². The summed E-state index contributed by atoms with van der Waals surface area (Å²) < 4.78 is 0. The van der Waals surface area contributed by atoms with Crippen molar-refractivity contribution in [2.24, 2.45) is 11.8 Å². The highest BCUT2D eigenvalue weighted by Gasteiger charge is 2.30. The molecule has 0 aromatic heterocycles. The van der Waals surface area contributed by atoms with E-state index in [1.807, 2.05) is 4.90 Å². The molecule has 0 bridgehead atoms. The second-order valence-corrected chi connectivity index (χ2v) is 5.37. The summed E-state index contributed by atoms with van der Waals surface area (Å²) >= 11 is 0. The van der Waals surface area contributed by atoms with Crippen molar-refractivity contribution in [3.8, 4) is 0 Å². The molecule has 1 amide bonds. The summed E-state index contributed by atoms with van der Waals surface area (Å²) in [7, 11) is 0. The molecule has 2 rings (SSSR count). The minimum atomic E-state index is 0. The largest absolute Gasteiger partial charge is 0.340 e. The molecule has 2 aliphatic heterocycles. The van der Waals surface area contributed by atoms with Gasteiger partial charge >= 0.3 is 0 Å². The quantitative estimate of drug-likeness (QED) is 0.800. The summed E-state index contributed by atoms with van der Waals surface area (Å²) in [6.07, 6.45) is 0. The van der Waals surface area contributed by atoms with Gasteiger partial charge in [0.15, 0.2) is 0 Å². The van der Waals surface area contributed by atoms with Crippen LogP contribution >= 0.6 is 12.4 Å². The van der Waals surface area contributed by atoms with Crippen LogP contribution in [0.3, 0.4) is 0 Å². The predicted octanol–water partition coefficient (Wildman–Crippen LogP) is 0.428. The standard InChI is InChI=1S/C12H23N3O.ClH/c1-10(2)9-14-3-5-15(6-4-14)12(16)11-7-13-8-11;/h10-11,13H,3-9H2,1-2H3;1H. The summed E-state index contributed by atoms with van der Waals surface area (Å²) in [4.78, 5) is 16.5. The van der Waals surface area contributed by atoms with Gasteiger partial charge in [-0.05, 0) is 5.92 Å². The summed E-state index contributed by atoms with van der Waals surface area (Å²) in [5.41, 5.74) is 0. The Morgan fingerprint density at radius 3 is 2.24 bits per heavy atom. The molecule has 17 heavy (non-hydrogen) atoms. The Balaban J connectivity index is 0.00000144. The third kappa shape index (κ3) is 3.83. The highest BCUT2D eigenvalue weighted by Crippen LogP contribution is 2.11. The van der Waals surface area contributed by atoms with E-state index >= 15 is 0 Å². The molecule has 0 atom stereocenters. The van der Waals surface area contributed by atoms with E-state index in [1.54, 1.807) is 0 Å². The Morgan fingerprint density at radius 2 is 1.82 bits per heavy atom. The van der Waals surface area contributed by atoms with E-state index in [1.165, 1.54) is 0 Å². The van der Waals surface area contributed by atoms with Gasteiger partial charge in [0.1, 0.15) is 0 Å². The van der Waals surface area contributed by atoms with Crippen LogP contribution in [0.5, 0.6) is 0 Å². The molecule has 0 aliphatic carbocycles. The first kappa shape index (κ1) is 14.7. The molecule has 100 valence electrons. The summed E-state index contributed by atoms with van der Waals surface area (Å²) in [6, 6.07) is 0. The van der Waals surface area contributed by atoms with E-state index in [-0.39, 0.29) is 18.3 Å². The molecule has 0 saturated carbocycles. The van der Waals surface area contributed by atoms with Crippen LogP contribution in [-0.2, 0) is 4.79 Å². The highest BCUT2D eigenvalue weighted by molar-refractivity contribution is 5.85. The monoisotopic (exact) mass is 261 g/mol. The van der Waals surface area contributed by atoms with E-state index in [0.717, 1.165) is 51.7 Å². The van der Waals surface area contributed by atoms with E-state index in [2.05, 4.69) is 24.1 Å². The smallest absolute Gasteiger partial charge is 0.228 e. The fourth-order valence-electron chi connectivity index (χ4n) is 2.39. The lowest BCUT2D eigenvalue weighted by atomic mass is 10.0. The molecule has 5 heteroatoms. The molecule has 0 aromatic rings. The van der Waals surface area contributed by atoms with Crippen LogP contribution in [0.2, 0.25) is 0 Å². The van der Waals surface area contributed by atoms with Gasteiger partial charge < -0.3 is 10.2 Å². The molecular formula is C12H24ClN3O. The normalized spacial score (nSPS) is 22.2. The Kier molecular flexibility index (Phi) is 5.70. The zero-order chi connectivity index (χ0) is 11.5. The maximum Gasteiger partial charge on any atom is 0.228 e. The van der Waals surface area contributed by atoms with Crippen LogP contribution in [0.15, 0.2) is 0 Å². The van der Waals surface area contributed by atoms with Gasteiger partial charge in [0.2, 0.25) is 5.91 Å². The number of carbonyl (C=O) groups excluding carboxylic acids is 1. The second kappa shape index (κ2) is 6.57. The van der Waals surface area contributed by atoms with Crippen molar-refractivity contribution in [3.63, 3.8) is 0 Å². The minimum Gasteiger partial charge on any atom is -0.340 e. The number of halogens is 1. The second-order valence-electron chi connectivity index (χ2n) is 5.37. The molecule has 0 aromatic carbocycles. The molecule has 0 unspecified atom stereocenters. The lowest BCUT2D eigenvalue weighted by Crippen LogP contribution is -2.56. The summed E-state index contributed by atoms with van der Waals surface area (Å²) in [5, 5.41) is 3.16. The Morgan fingerprint density at radius 1 is 1.24 bits per heavy atom. The zero-order valence-electron chi connectivity index (χ0n) is 10.8. The third-order valence-corrected chi connectivity index (χ3v) is 3.44. The molecule has 0 radical (unpaired) electrons. The van der Waals surface area contributed by atoms with Crippen LogP contribution in [0, 0.1) is 11.8 Å². The van der Waals surface area contributed by atoms with E-state index in [9.17, 15) is 4.79 Å². The van der Waals surface area contributed by atoms with Gasteiger partial charge in [-0.2, -0.15) is 0 Å². The molecule has 2 fully saturated rings. The summed E-state index contributed by atoms with van der Waals surface area (Å²) in [5.74, 6) is 1.35. The number of carbonyl (C=O) groups is 1. The van der Waals surface area contributed by atoms with E-state index in [4.69, 9.17) is 0 Å². The molecule has 2 heterocycles. The first-order chi connectivity index (χ1) is 7.66. The predicted molar refractivity (Wildman–Crippen MR) is 71.5 cm³/mol. The summed E-state index contributed by atoms with van der Waals surface area (Å²) in [6.45, 7) is 11.3. The van der Waals surface area contributed by atoms with Crippen molar-refractivity contribution in [1.29, 1.82) is 0 Å². The molecule has 1 N–H and O–H groups in total. The number of amides is 1. The fourth-order valence-corrected chi connectivity index (χ4v) is 2.39. The number of piperazine rings is 1. The van der Waals surface area contributed by atoms with Crippen LogP contribution < -0.4 is 5.32 Å². The Hall–Kier alpha value is -0.320. The van der Waals surface area contributed by atoms with Gasteiger partial charge in [-0.3, -0.25) is 9.69 Å². The molecule has 2 saturated heterocycles. The SMILES string of the molecule is CC(C)CN1CCN(C(=O)C2CNC2)CC1.Cl. The molecule has 4 nitrogen and oxygen atoms in total. The fraction of sp³-hybridized carbons (Fsp3) is 0.917. The average molecular weight is 262 g/mol. The lowest BCUT2D eigenvalue weighted by molar-refractivity contribution is -0.138. The van der Waals surface area contributed by atoms with E-state index < -0.39 is 0 Å². The lowest BCUT2D eigenvalue weighted by Gasteiger charge is -2.39. The molecule has 2 aliphatic rings. The Bertz CT molecular complexity index is 248. The van der Waals surface area contributed by atoms with Gasteiger partial charge in [0.25, 0.3) is 0 Å². The van der Waals surface area contributed by atoms with Crippen LogP contribution in [0.4, 0.5) is 0 Å². The number of hydrogen-bond donors (Lipinski definition) is 1. The third-order valence-electron chi connectivity index (χ3n) is 3.44. The van der Waals surface area contributed by atoms with Crippen molar-refractivity contribution in [3.05, 3.63) is 0 Å². The van der Waals surface area contributed by atoms with Gasteiger partial charge in [-0.15, -0.1) is 12.4 Å². The van der Waals surface area contributed by atoms with Crippen molar-refractivity contribution in [2.45, 2.75) is 13.8 Å². The minimum absolute atomic E-state index is 0. The number of hydrogen-bond acceptors (Lipinski definition) is 3. The topological polar surface area (TPSA) is 35.6 Å². The maximum atomic E-state index is 12.0. The highest BCUT2D eigenvalue weighted by atomic mass is 35.5. The van der Waals surface area contributed by atoms with Gasteiger partial charge in [-0.25, -0.2) is 0 Å². The molecular weight excluding hydrogens is 238 g/mol. The van der Waals surface area contributed by atoms with E-state index in [0.29, 0.717) is 5.91 Å². The zero-order valence-corrected chi connectivity index (χ0v) is 11.6. The number of nitrogens with one attached hydrogen (secondary N) is 1. The van der Waals surface area contributed by atoms with Gasteiger partial charge in [-0.1, -0.05) is 13.8 Å². The van der Waals surface area contributed by atoms with Crippen LogP contribution in [-0.4, -0.2) is 61.5 Å². The van der Waals surface area contributed by atoms with Crippen molar-refractivity contribution < 1.29 is 4.79 Å². The van der Waals surface area contributed by atoms with Crippen LogP contribution in [0.1, 0.15) is 13.8 Å².